The van der Waals surface area contributed by atoms with Crippen molar-refractivity contribution in [2.45, 2.75) is 26.3 Å². The van der Waals surface area contributed by atoms with Crippen molar-refractivity contribution in [1.29, 1.82) is 0 Å². The number of benzene rings is 1. The molecule has 0 aliphatic heterocycles. The summed E-state index contributed by atoms with van der Waals surface area (Å²) in [7, 11) is 0. The Morgan fingerprint density at radius 2 is 2.28 bits per heavy atom. The maximum atomic E-state index is 5.97. The average Bonchev–Trinajstić information content (AvgIpc) is 2.81. The van der Waals surface area contributed by atoms with Gasteiger partial charge in [-0.25, -0.2) is 4.98 Å². The molecule has 0 bridgehead atoms. The fourth-order valence-electron chi connectivity index (χ4n) is 1.65. The van der Waals surface area contributed by atoms with Gasteiger partial charge in [0.25, 0.3) is 0 Å². The summed E-state index contributed by atoms with van der Waals surface area (Å²) in [5.41, 5.74) is 7.65. The van der Waals surface area contributed by atoms with Crippen LogP contribution < -0.4 is 11.1 Å². The Morgan fingerprint density at radius 1 is 1.50 bits per heavy atom. The van der Waals surface area contributed by atoms with E-state index < -0.39 is 0 Å². The van der Waals surface area contributed by atoms with Crippen molar-refractivity contribution in [3.05, 3.63) is 38.8 Å². The molecule has 0 fully saturated rings. The first kappa shape index (κ1) is 13.4. The highest BCUT2D eigenvalue weighted by Crippen LogP contribution is 2.28. The summed E-state index contributed by atoms with van der Waals surface area (Å²) >= 11 is 5.15. The second-order valence-corrected chi connectivity index (χ2v) is 6.18. The van der Waals surface area contributed by atoms with Crippen molar-refractivity contribution in [3.8, 4) is 0 Å². The van der Waals surface area contributed by atoms with Gasteiger partial charge in [-0.1, -0.05) is 22.9 Å². The van der Waals surface area contributed by atoms with Crippen LogP contribution in [0.2, 0.25) is 0 Å². The molecule has 5 heteroatoms. The van der Waals surface area contributed by atoms with Gasteiger partial charge in [0.15, 0.2) is 0 Å². The first-order chi connectivity index (χ1) is 8.60. The van der Waals surface area contributed by atoms with Crippen molar-refractivity contribution >= 4 is 38.6 Å². The summed E-state index contributed by atoms with van der Waals surface area (Å²) in [5.74, 6) is 0. The van der Waals surface area contributed by atoms with E-state index in [1.165, 1.54) is 4.88 Å². The van der Waals surface area contributed by atoms with Crippen molar-refractivity contribution in [1.82, 2.24) is 4.98 Å². The molecule has 0 saturated heterocycles. The molecule has 18 heavy (non-hydrogen) atoms. The van der Waals surface area contributed by atoms with Crippen LogP contribution in [0.5, 0.6) is 0 Å². The number of aromatic nitrogens is 1. The van der Waals surface area contributed by atoms with Crippen molar-refractivity contribution < 1.29 is 0 Å². The summed E-state index contributed by atoms with van der Waals surface area (Å²) in [4.78, 5) is 5.74. The maximum absolute atomic E-state index is 5.97. The summed E-state index contributed by atoms with van der Waals surface area (Å²) < 4.78 is 0.987. The molecule has 0 aliphatic rings. The van der Waals surface area contributed by atoms with E-state index >= 15 is 0 Å². The van der Waals surface area contributed by atoms with Crippen LogP contribution in [-0.2, 0) is 6.42 Å². The molecule has 1 heterocycles. The molecule has 3 N–H and O–H groups in total. The van der Waals surface area contributed by atoms with Crippen LogP contribution in [-0.4, -0.2) is 4.98 Å². The van der Waals surface area contributed by atoms with Gasteiger partial charge in [0, 0.05) is 15.5 Å². The average molecular weight is 326 g/mol. The van der Waals surface area contributed by atoms with Crippen LogP contribution in [0.4, 0.5) is 11.4 Å². The molecule has 3 nitrogen and oxygen atoms in total. The SMILES string of the molecule is CCc1cnc(C(C)Nc2ccc(Br)cc2N)s1. The third kappa shape index (κ3) is 3.03. The molecule has 1 aromatic carbocycles. The normalized spacial score (nSPS) is 12.4. The summed E-state index contributed by atoms with van der Waals surface area (Å²) in [6.07, 6.45) is 2.98. The van der Waals surface area contributed by atoms with Gasteiger partial charge in [-0.2, -0.15) is 0 Å². The smallest absolute Gasteiger partial charge is 0.115 e. The Morgan fingerprint density at radius 3 is 2.89 bits per heavy atom. The van der Waals surface area contributed by atoms with Gasteiger partial charge in [-0.05, 0) is 31.5 Å². The van der Waals surface area contributed by atoms with E-state index in [4.69, 9.17) is 5.73 Å². The number of rotatable bonds is 4. The molecule has 0 saturated carbocycles. The number of aryl methyl sites for hydroxylation is 1. The minimum atomic E-state index is 0.166. The van der Waals surface area contributed by atoms with Crippen molar-refractivity contribution in [2.75, 3.05) is 11.1 Å². The number of anilines is 2. The van der Waals surface area contributed by atoms with Gasteiger partial charge >= 0.3 is 0 Å². The number of nitrogen functional groups attached to an aromatic ring is 1. The number of hydrogen-bond donors (Lipinski definition) is 2. The molecule has 96 valence electrons. The second-order valence-electron chi connectivity index (χ2n) is 4.12. The molecule has 1 atom stereocenters. The van der Waals surface area contributed by atoms with Crippen LogP contribution in [0.3, 0.4) is 0 Å². The van der Waals surface area contributed by atoms with E-state index in [0.29, 0.717) is 0 Å². The Kier molecular flexibility index (Phi) is 4.24. The van der Waals surface area contributed by atoms with Crippen LogP contribution in [0, 0.1) is 0 Å². The number of hydrogen-bond acceptors (Lipinski definition) is 4. The molecule has 0 spiro atoms. The quantitative estimate of drug-likeness (QED) is 0.827. The zero-order chi connectivity index (χ0) is 13.1. The lowest BCUT2D eigenvalue weighted by atomic mass is 10.2. The predicted molar refractivity (Wildman–Crippen MR) is 82.1 cm³/mol. The van der Waals surface area contributed by atoms with Crippen LogP contribution in [0.1, 0.15) is 29.8 Å². The van der Waals surface area contributed by atoms with E-state index in [0.717, 1.165) is 27.3 Å². The fraction of sp³-hybridized carbons (Fsp3) is 0.308. The maximum Gasteiger partial charge on any atom is 0.115 e. The van der Waals surface area contributed by atoms with Crippen LogP contribution in [0.15, 0.2) is 28.9 Å². The Labute approximate surface area is 120 Å². The third-order valence-corrected chi connectivity index (χ3v) is 4.49. The topological polar surface area (TPSA) is 50.9 Å². The number of thiazole rings is 1. The second kappa shape index (κ2) is 5.71. The van der Waals surface area contributed by atoms with E-state index in [1.54, 1.807) is 11.3 Å². The zero-order valence-corrected chi connectivity index (χ0v) is 12.8. The number of nitrogens with zero attached hydrogens (tertiary/aromatic N) is 1. The van der Waals surface area contributed by atoms with Gasteiger partial charge in [-0.15, -0.1) is 11.3 Å². The van der Waals surface area contributed by atoms with E-state index in [2.05, 4.69) is 40.1 Å². The zero-order valence-electron chi connectivity index (χ0n) is 10.4. The molecule has 2 aromatic rings. The minimum Gasteiger partial charge on any atom is -0.397 e. The molecule has 2 rings (SSSR count). The van der Waals surface area contributed by atoms with E-state index in [-0.39, 0.29) is 6.04 Å². The van der Waals surface area contributed by atoms with E-state index in [9.17, 15) is 0 Å². The molecule has 0 amide bonds. The highest BCUT2D eigenvalue weighted by molar-refractivity contribution is 9.10. The summed E-state index contributed by atoms with van der Waals surface area (Å²) in [6.45, 7) is 4.24. The lowest BCUT2D eigenvalue weighted by molar-refractivity contribution is 0.870. The first-order valence-electron chi connectivity index (χ1n) is 5.86. The highest BCUT2D eigenvalue weighted by Gasteiger charge is 2.11. The van der Waals surface area contributed by atoms with Crippen LogP contribution >= 0.6 is 27.3 Å². The lowest BCUT2D eigenvalue weighted by Gasteiger charge is -2.14. The standard InChI is InChI=1S/C13H16BrN3S/c1-3-10-7-16-13(18-10)8(2)17-12-5-4-9(14)6-11(12)15/h4-8,17H,3,15H2,1-2H3. The number of halogens is 1. The number of nitrogens with one attached hydrogen (secondary N) is 1. The molecular weight excluding hydrogens is 310 g/mol. The van der Waals surface area contributed by atoms with Crippen LogP contribution in [0.25, 0.3) is 0 Å². The molecule has 0 aliphatic carbocycles. The van der Waals surface area contributed by atoms with Gasteiger partial charge < -0.3 is 11.1 Å². The minimum absolute atomic E-state index is 0.166. The summed E-state index contributed by atoms with van der Waals surface area (Å²) in [5, 5.41) is 4.48. The van der Waals surface area contributed by atoms with Crippen molar-refractivity contribution in [3.63, 3.8) is 0 Å². The van der Waals surface area contributed by atoms with Crippen molar-refractivity contribution in [2.24, 2.45) is 0 Å². The highest BCUT2D eigenvalue weighted by atomic mass is 79.9. The van der Waals surface area contributed by atoms with Gasteiger partial charge in [0.1, 0.15) is 5.01 Å². The van der Waals surface area contributed by atoms with Gasteiger partial charge in [0.2, 0.25) is 0 Å². The molecule has 0 radical (unpaired) electrons. The van der Waals surface area contributed by atoms with Gasteiger partial charge in [-0.3, -0.25) is 0 Å². The predicted octanol–water partition coefficient (Wildman–Crippen LogP) is 4.22. The lowest BCUT2D eigenvalue weighted by Crippen LogP contribution is -2.07. The first-order valence-corrected chi connectivity index (χ1v) is 7.47. The van der Waals surface area contributed by atoms with E-state index in [1.807, 2.05) is 24.4 Å². The Balaban J connectivity index is 2.13. The van der Waals surface area contributed by atoms with Gasteiger partial charge in [0.05, 0.1) is 17.4 Å². The fourth-order valence-corrected chi connectivity index (χ4v) is 2.88. The molecular formula is C13H16BrN3S. The largest absolute Gasteiger partial charge is 0.397 e. The Hall–Kier alpha value is -1.07. The summed E-state index contributed by atoms with van der Waals surface area (Å²) in [6, 6.07) is 6.02. The Bertz CT molecular complexity index is 539. The monoisotopic (exact) mass is 325 g/mol. The number of nitrogens with two attached hydrogens (primary N) is 1. The molecule has 1 unspecified atom stereocenters. The third-order valence-electron chi connectivity index (χ3n) is 2.68. The molecule has 1 aromatic heterocycles.